The first-order chi connectivity index (χ1) is 9.81. The van der Waals surface area contributed by atoms with Crippen LogP contribution in [0.1, 0.15) is 36.8 Å². The van der Waals surface area contributed by atoms with Crippen molar-refractivity contribution in [3.63, 3.8) is 0 Å². The fraction of sp³-hybridized carbons (Fsp3) is 0.500. The maximum atomic E-state index is 13.1. The van der Waals surface area contributed by atoms with Crippen LogP contribution in [-0.4, -0.2) is 18.4 Å². The van der Waals surface area contributed by atoms with Crippen LogP contribution in [0.3, 0.4) is 0 Å². The molecule has 0 aromatic heterocycles. The maximum Gasteiger partial charge on any atom is 0.416 e. The van der Waals surface area contributed by atoms with Gasteiger partial charge in [0.1, 0.15) is 5.82 Å². The average Bonchev–Trinajstić information content (AvgIpc) is 2.39. The van der Waals surface area contributed by atoms with Crippen LogP contribution >= 0.6 is 11.6 Å². The Kier molecular flexibility index (Phi) is 6.45. The van der Waals surface area contributed by atoms with Crippen molar-refractivity contribution in [2.24, 2.45) is 0 Å². The predicted octanol–water partition coefficient (Wildman–Crippen LogP) is 4.96. The van der Waals surface area contributed by atoms with Crippen LogP contribution in [0, 0.1) is 11.2 Å². The monoisotopic (exact) mass is 325 g/mol. The normalized spacial score (nSPS) is 13.0. The minimum absolute atomic E-state index is 0.160. The molecule has 1 rings (SSSR count). The lowest BCUT2D eigenvalue weighted by Gasteiger charge is -2.22. The SMILES string of the molecule is CCOC(=N)[C@@H](CCCCl)c1ccc(F)cc1C(F)(F)F. The van der Waals surface area contributed by atoms with Crippen molar-refractivity contribution in [3.8, 4) is 0 Å². The summed E-state index contributed by atoms with van der Waals surface area (Å²) in [6, 6.07) is 2.46. The number of benzene rings is 1. The lowest BCUT2D eigenvalue weighted by atomic mass is 9.90. The number of nitrogens with one attached hydrogen (secondary N) is 1. The molecule has 0 aliphatic rings. The molecule has 0 heterocycles. The van der Waals surface area contributed by atoms with Crippen molar-refractivity contribution in [3.05, 3.63) is 35.1 Å². The number of hydrogen-bond donors (Lipinski definition) is 1. The average molecular weight is 326 g/mol. The highest BCUT2D eigenvalue weighted by Gasteiger charge is 2.36. The largest absolute Gasteiger partial charge is 0.481 e. The van der Waals surface area contributed by atoms with Crippen molar-refractivity contribution in [1.29, 1.82) is 5.41 Å². The van der Waals surface area contributed by atoms with Gasteiger partial charge in [-0.05, 0) is 37.5 Å². The Labute approximate surface area is 125 Å². The summed E-state index contributed by atoms with van der Waals surface area (Å²) in [5, 5.41) is 7.79. The molecule has 0 fully saturated rings. The van der Waals surface area contributed by atoms with Crippen molar-refractivity contribution in [1.82, 2.24) is 0 Å². The molecule has 0 saturated heterocycles. The lowest BCUT2D eigenvalue weighted by Crippen LogP contribution is -2.20. The molecule has 0 aliphatic carbocycles. The molecular weight excluding hydrogens is 310 g/mol. The number of ether oxygens (including phenoxy) is 1. The van der Waals surface area contributed by atoms with Crippen LogP contribution in [0.15, 0.2) is 18.2 Å². The summed E-state index contributed by atoms with van der Waals surface area (Å²) in [6.45, 7) is 1.82. The third kappa shape index (κ3) is 4.88. The van der Waals surface area contributed by atoms with E-state index < -0.39 is 23.5 Å². The van der Waals surface area contributed by atoms with Gasteiger partial charge in [-0.3, -0.25) is 5.41 Å². The zero-order chi connectivity index (χ0) is 16.0. The van der Waals surface area contributed by atoms with Crippen LogP contribution in [0.2, 0.25) is 0 Å². The Bertz CT molecular complexity index is 490. The van der Waals surface area contributed by atoms with Gasteiger partial charge in [-0.2, -0.15) is 13.2 Å². The number of alkyl halides is 4. The second-order valence-electron chi connectivity index (χ2n) is 4.41. The summed E-state index contributed by atoms with van der Waals surface area (Å²) in [5.41, 5.74) is -1.24. The topological polar surface area (TPSA) is 33.1 Å². The summed E-state index contributed by atoms with van der Waals surface area (Å²) in [4.78, 5) is 0. The molecule has 0 spiro atoms. The van der Waals surface area contributed by atoms with Gasteiger partial charge in [0.15, 0.2) is 5.90 Å². The van der Waals surface area contributed by atoms with E-state index in [-0.39, 0.29) is 30.4 Å². The Morgan fingerprint density at radius 3 is 2.57 bits per heavy atom. The van der Waals surface area contributed by atoms with Crippen molar-refractivity contribution >= 4 is 17.5 Å². The van der Waals surface area contributed by atoms with Crippen LogP contribution in [0.25, 0.3) is 0 Å². The van der Waals surface area contributed by atoms with Crippen molar-refractivity contribution < 1.29 is 22.3 Å². The highest BCUT2D eigenvalue weighted by atomic mass is 35.5. The van der Waals surface area contributed by atoms with E-state index in [1.807, 2.05) is 0 Å². The molecule has 0 aliphatic heterocycles. The lowest BCUT2D eigenvalue weighted by molar-refractivity contribution is -0.138. The van der Waals surface area contributed by atoms with E-state index in [0.29, 0.717) is 12.5 Å². The smallest absolute Gasteiger partial charge is 0.416 e. The molecule has 0 radical (unpaired) electrons. The van der Waals surface area contributed by atoms with Gasteiger partial charge in [-0.15, -0.1) is 11.6 Å². The third-order valence-corrected chi connectivity index (χ3v) is 3.21. The first-order valence-electron chi connectivity index (χ1n) is 6.45. The molecule has 2 nitrogen and oxygen atoms in total. The molecule has 118 valence electrons. The van der Waals surface area contributed by atoms with Crippen LogP contribution in [0.5, 0.6) is 0 Å². The zero-order valence-electron chi connectivity index (χ0n) is 11.4. The van der Waals surface area contributed by atoms with Gasteiger partial charge in [-0.1, -0.05) is 6.07 Å². The molecule has 7 heteroatoms. The fourth-order valence-electron chi connectivity index (χ4n) is 2.04. The molecule has 1 N–H and O–H groups in total. The molecule has 1 aromatic carbocycles. The molecule has 0 amide bonds. The van der Waals surface area contributed by atoms with Crippen LogP contribution in [-0.2, 0) is 10.9 Å². The first-order valence-corrected chi connectivity index (χ1v) is 6.98. The van der Waals surface area contributed by atoms with E-state index in [1.54, 1.807) is 6.92 Å². The standard InChI is InChI=1S/C14H16ClF4NO/c1-2-21-13(20)11(4-3-7-15)10-6-5-9(16)8-12(10)14(17,18)19/h5-6,8,11,20H,2-4,7H2,1H3/t11-/m0/s1. The molecule has 0 bridgehead atoms. The summed E-state index contributed by atoms with van der Waals surface area (Å²) in [6.07, 6.45) is -4.03. The first kappa shape index (κ1) is 17.8. The van der Waals surface area contributed by atoms with Crippen LogP contribution < -0.4 is 0 Å². The van der Waals surface area contributed by atoms with Gasteiger partial charge in [0.2, 0.25) is 0 Å². The van der Waals surface area contributed by atoms with E-state index >= 15 is 0 Å². The van der Waals surface area contributed by atoms with Gasteiger partial charge in [0, 0.05) is 5.88 Å². The minimum atomic E-state index is -4.69. The Morgan fingerprint density at radius 1 is 1.38 bits per heavy atom. The number of hydrogen-bond acceptors (Lipinski definition) is 2. The van der Waals surface area contributed by atoms with Gasteiger partial charge >= 0.3 is 6.18 Å². The molecule has 0 unspecified atom stereocenters. The predicted molar refractivity (Wildman–Crippen MR) is 73.4 cm³/mol. The third-order valence-electron chi connectivity index (χ3n) is 2.94. The Morgan fingerprint density at radius 2 is 2.05 bits per heavy atom. The zero-order valence-corrected chi connectivity index (χ0v) is 12.2. The quantitative estimate of drug-likeness (QED) is 0.341. The molecule has 1 atom stereocenters. The molecule has 0 saturated carbocycles. The van der Waals surface area contributed by atoms with Crippen LogP contribution in [0.4, 0.5) is 17.6 Å². The van der Waals surface area contributed by atoms with Gasteiger partial charge < -0.3 is 4.74 Å². The number of halogens is 5. The van der Waals surface area contributed by atoms with E-state index in [2.05, 4.69) is 0 Å². The summed E-state index contributed by atoms with van der Waals surface area (Å²) in [5.74, 6) is -1.86. The van der Waals surface area contributed by atoms with Gasteiger partial charge in [0.25, 0.3) is 0 Å². The van der Waals surface area contributed by atoms with E-state index in [0.717, 1.165) is 12.1 Å². The molecule has 21 heavy (non-hydrogen) atoms. The van der Waals surface area contributed by atoms with E-state index in [4.69, 9.17) is 21.7 Å². The Hall–Kier alpha value is -1.30. The fourth-order valence-corrected chi connectivity index (χ4v) is 2.20. The van der Waals surface area contributed by atoms with Gasteiger partial charge in [0.05, 0.1) is 18.1 Å². The number of rotatable bonds is 6. The Balaban J connectivity index is 3.26. The van der Waals surface area contributed by atoms with Crippen molar-refractivity contribution in [2.75, 3.05) is 12.5 Å². The summed E-state index contributed by atoms with van der Waals surface area (Å²) < 4.78 is 57.3. The highest BCUT2D eigenvalue weighted by Crippen LogP contribution is 2.37. The minimum Gasteiger partial charge on any atom is -0.481 e. The van der Waals surface area contributed by atoms with Crippen molar-refractivity contribution in [2.45, 2.75) is 31.9 Å². The maximum absolute atomic E-state index is 13.1. The second-order valence-corrected chi connectivity index (χ2v) is 4.79. The van der Waals surface area contributed by atoms with E-state index in [9.17, 15) is 17.6 Å². The second kappa shape index (κ2) is 7.64. The molecule has 1 aromatic rings. The van der Waals surface area contributed by atoms with E-state index in [1.165, 1.54) is 0 Å². The summed E-state index contributed by atoms with van der Waals surface area (Å²) >= 11 is 5.58. The highest BCUT2D eigenvalue weighted by molar-refractivity contribution is 6.17. The molecular formula is C14H16ClF4NO. The summed E-state index contributed by atoms with van der Waals surface area (Å²) in [7, 11) is 0. The van der Waals surface area contributed by atoms with Gasteiger partial charge in [-0.25, -0.2) is 4.39 Å².